The van der Waals surface area contributed by atoms with E-state index in [0.29, 0.717) is 5.75 Å². The van der Waals surface area contributed by atoms with Crippen molar-refractivity contribution in [3.05, 3.63) is 28.2 Å². The maximum absolute atomic E-state index is 11.9. The van der Waals surface area contributed by atoms with Gasteiger partial charge in [0, 0.05) is 21.8 Å². The first-order chi connectivity index (χ1) is 8.29. The molecule has 1 aromatic carbocycles. The Hall–Kier alpha value is -0.400. The number of nitrogens with two attached hydrogens (primary N) is 1. The van der Waals surface area contributed by atoms with Crippen molar-refractivity contribution in [2.24, 2.45) is 5.73 Å². The van der Waals surface area contributed by atoms with E-state index in [4.69, 9.17) is 10.5 Å². The summed E-state index contributed by atoms with van der Waals surface area (Å²) in [7, 11) is 0. The van der Waals surface area contributed by atoms with Crippen LogP contribution in [0, 0.1) is 0 Å². The number of benzene rings is 1. The first-order valence-electron chi connectivity index (χ1n) is 5.18. The molecule has 0 spiro atoms. The number of hydrogen-bond acceptors (Lipinski definition) is 3. The minimum absolute atomic E-state index is 0.0135. The molecule has 0 aliphatic carbocycles. The quantitative estimate of drug-likeness (QED) is 0.817. The van der Waals surface area contributed by atoms with Gasteiger partial charge in [-0.1, -0.05) is 22.0 Å². The monoisotopic (exact) mass is 343 g/mol. The summed E-state index contributed by atoms with van der Waals surface area (Å²) in [4.78, 5) is 0. The first kappa shape index (κ1) is 15.7. The van der Waals surface area contributed by atoms with Crippen molar-refractivity contribution < 1.29 is 17.9 Å². The van der Waals surface area contributed by atoms with E-state index in [1.807, 2.05) is 6.07 Å². The van der Waals surface area contributed by atoms with Gasteiger partial charge in [-0.05, 0) is 30.8 Å². The second-order valence-corrected chi connectivity index (χ2v) is 5.69. The van der Waals surface area contributed by atoms with Crippen LogP contribution in [0.2, 0.25) is 0 Å². The molecule has 7 heteroatoms. The van der Waals surface area contributed by atoms with Crippen molar-refractivity contribution >= 4 is 27.7 Å². The molecule has 0 radical (unpaired) electrons. The van der Waals surface area contributed by atoms with Crippen molar-refractivity contribution in [1.82, 2.24) is 0 Å². The summed E-state index contributed by atoms with van der Waals surface area (Å²) in [6.45, 7) is 1.78. The molecule has 2 nitrogen and oxygen atoms in total. The van der Waals surface area contributed by atoms with E-state index in [1.54, 1.807) is 19.1 Å². The molecule has 0 aromatic heterocycles. The summed E-state index contributed by atoms with van der Waals surface area (Å²) in [5.74, 6) is 0.371. The molecule has 1 rings (SSSR count). The van der Waals surface area contributed by atoms with Crippen LogP contribution in [0.25, 0.3) is 0 Å². The van der Waals surface area contributed by atoms with E-state index in [0.717, 1.165) is 10.0 Å². The largest absolute Gasteiger partial charge is 0.492 e. The lowest BCUT2D eigenvalue weighted by Gasteiger charge is -2.14. The van der Waals surface area contributed by atoms with Crippen molar-refractivity contribution in [1.29, 1.82) is 0 Å². The van der Waals surface area contributed by atoms with Crippen molar-refractivity contribution in [3.63, 3.8) is 0 Å². The summed E-state index contributed by atoms with van der Waals surface area (Å²) in [5.41, 5.74) is 2.31. The van der Waals surface area contributed by atoms with Gasteiger partial charge in [0.2, 0.25) is 0 Å². The van der Waals surface area contributed by atoms with Crippen LogP contribution in [-0.4, -0.2) is 17.9 Å². The second kappa shape index (κ2) is 6.68. The van der Waals surface area contributed by atoms with Gasteiger partial charge in [0.05, 0.1) is 6.61 Å². The third-order valence-corrected chi connectivity index (χ3v) is 3.26. The van der Waals surface area contributed by atoms with Crippen LogP contribution >= 0.6 is 27.7 Å². The Labute approximate surface area is 116 Å². The van der Waals surface area contributed by atoms with Gasteiger partial charge in [0.1, 0.15) is 5.75 Å². The fourth-order valence-corrected chi connectivity index (χ4v) is 2.06. The molecule has 1 unspecified atom stereocenters. The van der Waals surface area contributed by atoms with Gasteiger partial charge in [-0.3, -0.25) is 0 Å². The molecular weight excluding hydrogens is 331 g/mol. The Morgan fingerprint density at radius 1 is 1.44 bits per heavy atom. The molecule has 0 amide bonds. The third-order valence-electron chi connectivity index (χ3n) is 2.07. The minimum Gasteiger partial charge on any atom is -0.492 e. The number of thioether (sulfide) groups is 1. The van der Waals surface area contributed by atoms with Gasteiger partial charge in [0.25, 0.3) is 0 Å². The second-order valence-electron chi connectivity index (χ2n) is 3.61. The molecule has 1 atom stereocenters. The Bertz CT molecular complexity index is 398. The summed E-state index contributed by atoms with van der Waals surface area (Å²) in [6, 6.07) is 5.08. The van der Waals surface area contributed by atoms with E-state index < -0.39 is 5.51 Å². The number of alkyl halides is 3. The van der Waals surface area contributed by atoms with Gasteiger partial charge >= 0.3 is 5.51 Å². The zero-order valence-corrected chi connectivity index (χ0v) is 12.0. The number of rotatable bonds is 5. The maximum atomic E-state index is 11.9. The normalized spacial score (nSPS) is 13.4. The third kappa shape index (κ3) is 5.49. The Morgan fingerprint density at radius 3 is 2.67 bits per heavy atom. The maximum Gasteiger partial charge on any atom is 0.441 e. The molecule has 2 N–H and O–H groups in total. The number of hydrogen-bond donors (Lipinski definition) is 1. The fraction of sp³-hybridized carbons (Fsp3) is 0.455. The predicted octanol–water partition coefficient (Wildman–Crippen LogP) is 4.10. The lowest BCUT2D eigenvalue weighted by Crippen LogP contribution is -2.11. The van der Waals surface area contributed by atoms with Crippen LogP contribution < -0.4 is 10.5 Å². The highest BCUT2D eigenvalue weighted by atomic mass is 79.9. The molecule has 0 heterocycles. The topological polar surface area (TPSA) is 35.2 Å². The van der Waals surface area contributed by atoms with Gasteiger partial charge in [-0.25, -0.2) is 0 Å². The molecule has 0 bridgehead atoms. The highest BCUT2D eigenvalue weighted by Crippen LogP contribution is 2.31. The highest BCUT2D eigenvalue weighted by Gasteiger charge is 2.27. The van der Waals surface area contributed by atoms with Crippen LogP contribution in [0.3, 0.4) is 0 Å². The van der Waals surface area contributed by atoms with E-state index in [-0.39, 0.29) is 30.2 Å². The number of halogens is 4. The average molecular weight is 344 g/mol. The molecular formula is C11H13BrF3NOS. The molecule has 1 aromatic rings. The Balaban J connectivity index is 2.58. The molecule has 18 heavy (non-hydrogen) atoms. The summed E-state index contributed by atoms with van der Waals surface area (Å²) in [6.07, 6.45) is 0. The van der Waals surface area contributed by atoms with Crippen molar-refractivity contribution in [2.45, 2.75) is 18.5 Å². The summed E-state index contributed by atoms with van der Waals surface area (Å²) in [5, 5.41) is 0. The summed E-state index contributed by atoms with van der Waals surface area (Å²) < 4.78 is 41.9. The SMILES string of the molecule is CC(N)c1ccc(Br)cc1OCCSC(F)(F)F. The van der Waals surface area contributed by atoms with E-state index in [9.17, 15) is 13.2 Å². The molecule has 0 fully saturated rings. The summed E-state index contributed by atoms with van der Waals surface area (Å²) >= 11 is 3.18. The smallest absolute Gasteiger partial charge is 0.441 e. The van der Waals surface area contributed by atoms with Gasteiger partial charge in [-0.15, -0.1) is 0 Å². The minimum atomic E-state index is -4.22. The predicted molar refractivity (Wildman–Crippen MR) is 70.8 cm³/mol. The molecule has 0 aliphatic heterocycles. The van der Waals surface area contributed by atoms with E-state index in [1.165, 1.54) is 0 Å². The fourth-order valence-electron chi connectivity index (χ4n) is 1.32. The zero-order valence-electron chi connectivity index (χ0n) is 9.63. The van der Waals surface area contributed by atoms with Crippen LogP contribution in [0.5, 0.6) is 5.75 Å². The lowest BCUT2D eigenvalue weighted by molar-refractivity contribution is -0.0329. The Kier molecular flexibility index (Phi) is 5.81. The standard InChI is InChI=1S/C11H13BrF3NOS/c1-7(16)9-3-2-8(12)6-10(9)17-4-5-18-11(13,14)15/h2-3,6-7H,4-5,16H2,1H3. The molecule has 102 valence electrons. The highest BCUT2D eigenvalue weighted by molar-refractivity contribution is 9.10. The van der Waals surface area contributed by atoms with Crippen LogP contribution in [0.4, 0.5) is 13.2 Å². The van der Waals surface area contributed by atoms with Crippen molar-refractivity contribution in [3.8, 4) is 5.75 Å². The molecule has 0 saturated carbocycles. The van der Waals surface area contributed by atoms with Crippen LogP contribution in [0.15, 0.2) is 22.7 Å². The number of ether oxygens (including phenoxy) is 1. The molecule has 0 aliphatic rings. The first-order valence-corrected chi connectivity index (χ1v) is 6.96. The molecule has 0 saturated heterocycles. The Morgan fingerprint density at radius 2 is 2.11 bits per heavy atom. The van der Waals surface area contributed by atoms with Crippen LogP contribution in [0.1, 0.15) is 18.5 Å². The van der Waals surface area contributed by atoms with Crippen molar-refractivity contribution in [2.75, 3.05) is 12.4 Å². The average Bonchev–Trinajstić information content (AvgIpc) is 2.22. The lowest BCUT2D eigenvalue weighted by atomic mass is 10.1. The van der Waals surface area contributed by atoms with E-state index in [2.05, 4.69) is 15.9 Å². The zero-order chi connectivity index (χ0) is 13.8. The van der Waals surface area contributed by atoms with Gasteiger partial charge in [0.15, 0.2) is 0 Å². The van der Waals surface area contributed by atoms with E-state index >= 15 is 0 Å². The van der Waals surface area contributed by atoms with Gasteiger partial charge in [-0.2, -0.15) is 13.2 Å². The van der Waals surface area contributed by atoms with Crippen LogP contribution in [-0.2, 0) is 0 Å². The van der Waals surface area contributed by atoms with Gasteiger partial charge < -0.3 is 10.5 Å².